The van der Waals surface area contributed by atoms with Crippen LogP contribution in [0.2, 0.25) is 0 Å². The van der Waals surface area contributed by atoms with E-state index in [1.165, 1.54) is 4.90 Å². The molecule has 0 spiro atoms. The lowest BCUT2D eigenvalue weighted by molar-refractivity contribution is -0.165. The van der Waals surface area contributed by atoms with E-state index in [1.807, 2.05) is 38.1 Å². The van der Waals surface area contributed by atoms with Crippen LogP contribution in [0.15, 0.2) is 28.7 Å². The number of amides is 2. The monoisotopic (exact) mass is 419 g/mol. The molecule has 3 rings (SSSR count). The SMILES string of the molecule is CC(C)NC(=O)N1C2CN(CC(F)(F)F)CC1C2c1ccc(Br)cc1. The van der Waals surface area contributed by atoms with E-state index in [2.05, 4.69) is 21.2 Å². The minimum atomic E-state index is -4.22. The molecule has 1 aromatic rings. The largest absolute Gasteiger partial charge is 0.401 e. The predicted molar refractivity (Wildman–Crippen MR) is 92.5 cm³/mol. The highest BCUT2D eigenvalue weighted by Gasteiger charge is 2.56. The van der Waals surface area contributed by atoms with Gasteiger partial charge in [0.05, 0.1) is 18.6 Å². The third-order valence-corrected chi connectivity index (χ3v) is 5.27. The van der Waals surface area contributed by atoms with Gasteiger partial charge in [0.25, 0.3) is 0 Å². The molecule has 0 saturated carbocycles. The van der Waals surface area contributed by atoms with Crippen LogP contribution < -0.4 is 5.32 Å². The molecular formula is C17H21BrF3N3O. The third kappa shape index (κ3) is 3.95. The van der Waals surface area contributed by atoms with Crippen molar-refractivity contribution < 1.29 is 18.0 Å². The average Bonchev–Trinajstić information content (AvgIpc) is 2.46. The highest BCUT2D eigenvalue weighted by Crippen LogP contribution is 2.45. The van der Waals surface area contributed by atoms with Gasteiger partial charge in [-0.15, -0.1) is 0 Å². The third-order valence-electron chi connectivity index (χ3n) is 4.74. The first-order valence-electron chi connectivity index (χ1n) is 8.29. The summed E-state index contributed by atoms with van der Waals surface area (Å²) in [4.78, 5) is 15.6. The quantitative estimate of drug-likeness (QED) is 0.812. The first kappa shape index (κ1) is 18.5. The van der Waals surface area contributed by atoms with Crippen molar-refractivity contribution in [2.75, 3.05) is 19.6 Å². The molecule has 138 valence electrons. The molecule has 2 atom stereocenters. The van der Waals surface area contributed by atoms with Crippen LogP contribution in [0, 0.1) is 0 Å². The minimum Gasteiger partial charge on any atom is -0.336 e. The summed E-state index contributed by atoms with van der Waals surface area (Å²) in [5.41, 5.74) is 1.07. The topological polar surface area (TPSA) is 35.6 Å². The van der Waals surface area contributed by atoms with E-state index >= 15 is 0 Å². The molecule has 2 unspecified atom stereocenters. The van der Waals surface area contributed by atoms with Crippen LogP contribution in [-0.2, 0) is 0 Å². The number of nitrogens with zero attached hydrogens (tertiary/aromatic N) is 2. The van der Waals surface area contributed by atoms with Crippen molar-refractivity contribution in [2.24, 2.45) is 0 Å². The van der Waals surface area contributed by atoms with Gasteiger partial charge in [-0.25, -0.2) is 4.79 Å². The molecule has 1 N–H and O–H groups in total. The number of carbonyl (C=O) groups is 1. The van der Waals surface area contributed by atoms with Crippen LogP contribution in [0.4, 0.5) is 18.0 Å². The summed E-state index contributed by atoms with van der Waals surface area (Å²) >= 11 is 3.39. The Kier molecular flexibility index (Phi) is 5.03. The van der Waals surface area contributed by atoms with Crippen molar-refractivity contribution >= 4 is 22.0 Å². The standard InChI is InChI=1S/C17H21BrF3N3O/c1-10(2)22-16(25)24-13-7-23(9-17(19,20)21)8-14(24)15(13)11-3-5-12(18)6-4-11/h3-6,10,13-15H,7-9H2,1-2H3,(H,22,25). The van der Waals surface area contributed by atoms with E-state index in [0.29, 0.717) is 0 Å². The fourth-order valence-electron chi connectivity index (χ4n) is 3.89. The maximum absolute atomic E-state index is 12.7. The molecule has 2 heterocycles. The molecule has 2 bridgehead atoms. The van der Waals surface area contributed by atoms with Crippen LogP contribution >= 0.6 is 15.9 Å². The van der Waals surface area contributed by atoms with Gasteiger partial charge in [-0.2, -0.15) is 13.2 Å². The number of halogens is 4. The summed E-state index contributed by atoms with van der Waals surface area (Å²) in [6.45, 7) is 3.29. The number of carbonyl (C=O) groups excluding carboxylic acids is 1. The van der Waals surface area contributed by atoms with E-state index in [0.717, 1.165) is 10.0 Å². The van der Waals surface area contributed by atoms with Crippen molar-refractivity contribution in [1.29, 1.82) is 0 Å². The molecule has 2 fully saturated rings. The Morgan fingerprint density at radius 2 is 1.80 bits per heavy atom. The zero-order valence-corrected chi connectivity index (χ0v) is 15.6. The summed E-state index contributed by atoms with van der Waals surface area (Å²) in [5, 5.41) is 2.86. The van der Waals surface area contributed by atoms with E-state index in [-0.39, 0.29) is 43.2 Å². The van der Waals surface area contributed by atoms with Gasteiger partial charge in [0, 0.05) is 29.5 Å². The second kappa shape index (κ2) is 6.79. The molecule has 2 amide bonds. The summed E-state index contributed by atoms with van der Waals surface area (Å²) in [7, 11) is 0. The molecule has 2 saturated heterocycles. The summed E-state index contributed by atoms with van der Waals surface area (Å²) in [6.07, 6.45) is -4.22. The first-order chi connectivity index (χ1) is 11.7. The van der Waals surface area contributed by atoms with E-state index in [9.17, 15) is 18.0 Å². The van der Waals surface area contributed by atoms with Crippen molar-refractivity contribution in [3.05, 3.63) is 34.3 Å². The summed E-state index contributed by atoms with van der Waals surface area (Å²) < 4.78 is 39.2. The van der Waals surface area contributed by atoms with Crippen LogP contribution in [-0.4, -0.2) is 59.8 Å². The molecule has 1 aromatic carbocycles. The van der Waals surface area contributed by atoms with Crippen molar-refractivity contribution in [2.45, 2.75) is 44.1 Å². The zero-order valence-electron chi connectivity index (χ0n) is 14.1. The number of piperidine rings is 1. The molecule has 0 radical (unpaired) electrons. The van der Waals surface area contributed by atoms with Gasteiger partial charge < -0.3 is 10.2 Å². The number of alkyl halides is 3. The number of hydrogen-bond donors (Lipinski definition) is 1. The molecule has 4 nitrogen and oxygen atoms in total. The lowest BCUT2D eigenvalue weighted by atomic mass is 9.72. The number of benzene rings is 1. The van der Waals surface area contributed by atoms with Gasteiger partial charge in [-0.3, -0.25) is 4.90 Å². The minimum absolute atomic E-state index is 0.00812. The Morgan fingerprint density at radius 1 is 1.24 bits per heavy atom. The second-order valence-corrected chi connectivity index (χ2v) is 7.95. The van der Waals surface area contributed by atoms with Crippen LogP contribution in [0.3, 0.4) is 0 Å². The maximum Gasteiger partial charge on any atom is 0.401 e. The predicted octanol–water partition coefficient (Wildman–Crippen LogP) is 3.58. The van der Waals surface area contributed by atoms with Gasteiger partial charge in [-0.1, -0.05) is 28.1 Å². The number of fused-ring (bicyclic) bond motifs is 2. The van der Waals surface area contributed by atoms with Crippen molar-refractivity contribution in [3.8, 4) is 0 Å². The Labute approximate surface area is 153 Å². The molecule has 2 aliphatic heterocycles. The molecule has 8 heteroatoms. The fraction of sp³-hybridized carbons (Fsp3) is 0.588. The van der Waals surface area contributed by atoms with Gasteiger partial charge in [0.15, 0.2) is 0 Å². The molecule has 0 aromatic heterocycles. The van der Waals surface area contributed by atoms with E-state index in [1.54, 1.807) is 4.90 Å². The van der Waals surface area contributed by atoms with Crippen molar-refractivity contribution in [1.82, 2.24) is 15.1 Å². The molecule has 2 aliphatic rings. The second-order valence-electron chi connectivity index (χ2n) is 7.03. The first-order valence-corrected chi connectivity index (χ1v) is 9.08. The highest BCUT2D eigenvalue weighted by atomic mass is 79.9. The van der Waals surface area contributed by atoms with Crippen LogP contribution in [0.5, 0.6) is 0 Å². The Balaban J connectivity index is 1.78. The summed E-state index contributed by atoms with van der Waals surface area (Å²) in [6, 6.07) is 7.14. The van der Waals surface area contributed by atoms with E-state index in [4.69, 9.17) is 0 Å². The number of urea groups is 1. The van der Waals surface area contributed by atoms with Gasteiger partial charge in [-0.05, 0) is 31.5 Å². The molecular weight excluding hydrogens is 399 g/mol. The highest BCUT2D eigenvalue weighted by molar-refractivity contribution is 9.10. The molecule has 0 aliphatic carbocycles. The number of likely N-dealkylation sites (tertiary alicyclic amines) is 1. The number of rotatable bonds is 3. The van der Waals surface area contributed by atoms with Gasteiger partial charge >= 0.3 is 12.2 Å². The van der Waals surface area contributed by atoms with Crippen molar-refractivity contribution in [3.63, 3.8) is 0 Å². The number of piperazine rings is 1. The average molecular weight is 420 g/mol. The molecule has 25 heavy (non-hydrogen) atoms. The van der Waals surface area contributed by atoms with Crippen LogP contribution in [0.25, 0.3) is 0 Å². The Hall–Kier alpha value is -1.28. The Morgan fingerprint density at radius 3 is 2.28 bits per heavy atom. The lowest BCUT2D eigenvalue weighted by Gasteiger charge is -2.61. The zero-order chi connectivity index (χ0) is 18.4. The van der Waals surface area contributed by atoms with Gasteiger partial charge in [0.2, 0.25) is 0 Å². The number of nitrogens with one attached hydrogen (secondary N) is 1. The normalized spacial score (nSPS) is 26.5. The van der Waals surface area contributed by atoms with Gasteiger partial charge in [0.1, 0.15) is 0 Å². The maximum atomic E-state index is 12.7. The van der Waals surface area contributed by atoms with Crippen LogP contribution in [0.1, 0.15) is 25.3 Å². The van der Waals surface area contributed by atoms with E-state index < -0.39 is 12.7 Å². The summed E-state index contributed by atoms with van der Waals surface area (Å²) in [5.74, 6) is 0.0792. The smallest absolute Gasteiger partial charge is 0.336 e. The Bertz CT molecular complexity index is 621. The fourth-order valence-corrected chi connectivity index (χ4v) is 4.15. The lowest BCUT2D eigenvalue weighted by Crippen LogP contribution is -2.76. The number of hydrogen-bond acceptors (Lipinski definition) is 2.